The lowest BCUT2D eigenvalue weighted by Gasteiger charge is -2.15. The van der Waals surface area contributed by atoms with Crippen LogP contribution >= 0.6 is 11.6 Å². The molecule has 1 aliphatic rings. The molecule has 16 heavy (non-hydrogen) atoms. The van der Waals surface area contributed by atoms with Gasteiger partial charge in [-0.1, -0.05) is 17.7 Å². The Morgan fingerprint density at radius 3 is 3.06 bits per heavy atom. The second-order valence-corrected chi connectivity index (χ2v) is 5.26. The van der Waals surface area contributed by atoms with Crippen molar-refractivity contribution in [1.82, 2.24) is 5.32 Å². The third kappa shape index (κ3) is 3.23. The van der Waals surface area contributed by atoms with E-state index in [1.165, 1.54) is 49.9 Å². The van der Waals surface area contributed by atoms with Crippen LogP contribution in [-0.4, -0.2) is 13.1 Å². The molecule has 0 saturated carbocycles. The highest BCUT2D eigenvalue weighted by Crippen LogP contribution is 2.23. The van der Waals surface area contributed by atoms with Crippen LogP contribution in [-0.2, 0) is 6.42 Å². The summed E-state index contributed by atoms with van der Waals surface area (Å²) in [5.74, 6) is 0.826. The minimum Gasteiger partial charge on any atom is -0.317 e. The molecule has 1 heterocycles. The highest BCUT2D eigenvalue weighted by Gasteiger charge is 2.13. The zero-order valence-corrected chi connectivity index (χ0v) is 10.7. The topological polar surface area (TPSA) is 12.0 Å². The van der Waals surface area contributed by atoms with Crippen LogP contribution < -0.4 is 5.32 Å². The van der Waals surface area contributed by atoms with Crippen molar-refractivity contribution in [3.05, 3.63) is 34.3 Å². The molecule has 0 radical (unpaired) electrons. The summed E-state index contributed by atoms with van der Waals surface area (Å²) in [6, 6.07) is 6.25. The molecule has 0 aliphatic carbocycles. The van der Waals surface area contributed by atoms with Gasteiger partial charge in [0.25, 0.3) is 0 Å². The second-order valence-electron chi connectivity index (χ2n) is 4.82. The first-order chi connectivity index (χ1) is 7.75. The van der Waals surface area contributed by atoms with E-state index < -0.39 is 0 Å². The van der Waals surface area contributed by atoms with E-state index in [1.807, 2.05) is 6.07 Å². The van der Waals surface area contributed by atoms with Crippen LogP contribution in [0.5, 0.6) is 0 Å². The van der Waals surface area contributed by atoms with E-state index in [1.54, 1.807) is 0 Å². The Bertz CT molecular complexity index is 341. The van der Waals surface area contributed by atoms with Crippen molar-refractivity contribution >= 4 is 11.6 Å². The van der Waals surface area contributed by atoms with Crippen LogP contribution in [0.15, 0.2) is 18.2 Å². The molecule has 1 unspecified atom stereocenters. The first kappa shape index (κ1) is 11.9. The lowest BCUT2D eigenvalue weighted by molar-refractivity contribution is 0.469. The number of nitrogens with one attached hydrogen (secondary N) is 1. The Labute approximate surface area is 103 Å². The molecule has 1 nitrogen and oxygen atoms in total. The van der Waals surface area contributed by atoms with Gasteiger partial charge in [0, 0.05) is 5.02 Å². The zero-order chi connectivity index (χ0) is 11.4. The summed E-state index contributed by atoms with van der Waals surface area (Å²) < 4.78 is 0. The van der Waals surface area contributed by atoms with Gasteiger partial charge in [-0.2, -0.15) is 0 Å². The lowest BCUT2D eigenvalue weighted by atomic mass is 9.91. The molecule has 1 fully saturated rings. The number of aryl methyl sites for hydroxylation is 1. The average molecular weight is 238 g/mol. The molecule has 0 amide bonds. The Morgan fingerprint density at radius 1 is 1.31 bits per heavy atom. The van der Waals surface area contributed by atoms with Crippen molar-refractivity contribution < 1.29 is 0 Å². The highest BCUT2D eigenvalue weighted by molar-refractivity contribution is 6.30. The molecule has 1 aromatic carbocycles. The third-order valence-electron chi connectivity index (χ3n) is 3.52. The van der Waals surface area contributed by atoms with Gasteiger partial charge in [-0.3, -0.25) is 0 Å². The molecule has 1 aliphatic heterocycles. The van der Waals surface area contributed by atoms with Crippen LogP contribution in [0.1, 0.15) is 30.4 Å². The van der Waals surface area contributed by atoms with Crippen molar-refractivity contribution in [3.63, 3.8) is 0 Å². The molecule has 88 valence electrons. The zero-order valence-electron chi connectivity index (χ0n) is 9.93. The molecule has 0 bridgehead atoms. The summed E-state index contributed by atoms with van der Waals surface area (Å²) in [4.78, 5) is 0. The first-order valence-electron chi connectivity index (χ1n) is 6.21. The largest absolute Gasteiger partial charge is 0.317 e. The van der Waals surface area contributed by atoms with Crippen molar-refractivity contribution in [3.8, 4) is 0 Å². The van der Waals surface area contributed by atoms with E-state index in [-0.39, 0.29) is 0 Å². The summed E-state index contributed by atoms with van der Waals surface area (Å²) in [6.45, 7) is 4.54. The number of rotatable bonds is 2. The Kier molecular flexibility index (Phi) is 4.25. The van der Waals surface area contributed by atoms with Gasteiger partial charge >= 0.3 is 0 Å². The van der Waals surface area contributed by atoms with Crippen LogP contribution in [0.2, 0.25) is 5.02 Å². The number of hydrogen-bond donors (Lipinski definition) is 1. The van der Waals surface area contributed by atoms with Gasteiger partial charge in [0.15, 0.2) is 0 Å². The van der Waals surface area contributed by atoms with Crippen LogP contribution in [0.25, 0.3) is 0 Å². The van der Waals surface area contributed by atoms with E-state index >= 15 is 0 Å². The SMILES string of the molecule is Cc1ccc(Cl)cc1CC1CCCNCC1. The van der Waals surface area contributed by atoms with Crippen LogP contribution in [0, 0.1) is 12.8 Å². The predicted octanol–water partition coefficient (Wildman–Crippen LogP) is 3.58. The molecular weight excluding hydrogens is 218 g/mol. The number of benzene rings is 1. The van der Waals surface area contributed by atoms with Crippen molar-refractivity contribution in [2.75, 3.05) is 13.1 Å². The fourth-order valence-electron chi connectivity index (χ4n) is 2.47. The van der Waals surface area contributed by atoms with Gasteiger partial charge in [0.2, 0.25) is 0 Å². The van der Waals surface area contributed by atoms with Gasteiger partial charge in [-0.25, -0.2) is 0 Å². The Hall–Kier alpha value is -0.530. The maximum atomic E-state index is 6.05. The second kappa shape index (κ2) is 5.70. The molecule has 1 N–H and O–H groups in total. The van der Waals surface area contributed by atoms with E-state index in [2.05, 4.69) is 24.4 Å². The number of hydrogen-bond acceptors (Lipinski definition) is 1. The Morgan fingerprint density at radius 2 is 2.19 bits per heavy atom. The molecule has 1 atom stereocenters. The van der Waals surface area contributed by atoms with Gasteiger partial charge in [-0.05, 0) is 74.9 Å². The van der Waals surface area contributed by atoms with Gasteiger partial charge in [-0.15, -0.1) is 0 Å². The molecule has 1 saturated heterocycles. The van der Waals surface area contributed by atoms with Crippen molar-refractivity contribution in [2.24, 2.45) is 5.92 Å². The summed E-state index contributed by atoms with van der Waals surface area (Å²) >= 11 is 6.05. The van der Waals surface area contributed by atoms with Crippen LogP contribution in [0.4, 0.5) is 0 Å². The summed E-state index contributed by atoms with van der Waals surface area (Å²) in [7, 11) is 0. The number of halogens is 1. The molecule has 0 spiro atoms. The normalized spacial score (nSPS) is 21.8. The molecule has 2 heteroatoms. The summed E-state index contributed by atoms with van der Waals surface area (Å²) in [6.07, 6.45) is 5.14. The fourth-order valence-corrected chi connectivity index (χ4v) is 2.66. The monoisotopic (exact) mass is 237 g/mol. The van der Waals surface area contributed by atoms with Crippen molar-refractivity contribution in [1.29, 1.82) is 0 Å². The molecule has 0 aromatic heterocycles. The summed E-state index contributed by atoms with van der Waals surface area (Å²) in [5, 5.41) is 4.33. The van der Waals surface area contributed by atoms with Gasteiger partial charge in [0.05, 0.1) is 0 Å². The first-order valence-corrected chi connectivity index (χ1v) is 6.59. The molecular formula is C14H20ClN. The van der Waals surface area contributed by atoms with E-state index in [0.717, 1.165) is 10.9 Å². The maximum Gasteiger partial charge on any atom is 0.0408 e. The minimum atomic E-state index is 0.826. The molecule has 1 aromatic rings. The van der Waals surface area contributed by atoms with E-state index in [0.29, 0.717) is 0 Å². The highest BCUT2D eigenvalue weighted by atomic mass is 35.5. The van der Waals surface area contributed by atoms with Gasteiger partial charge < -0.3 is 5.32 Å². The van der Waals surface area contributed by atoms with E-state index in [4.69, 9.17) is 11.6 Å². The standard InChI is InChI=1S/C14H20ClN/c1-11-4-5-14(15)10-13(11)9-12-3-2-7-16-8-6-12/h4-5,10,12,16H,2-3,6-9H2,1H3. The third-order valence-corrected chi connectivity index (χ3v) is 3.75. The maximum absolute atomic E-state index is 6.05. The molecule has 2 rings (SSSR count). The predicted molar refractivity (Wildman–Crippen MR) is 70.1 cm³/mol. The van der Waals surface area contributed by atoms with E-state index in [9.17, 15) is 0 Å². The Balaban J connectivity index is 2.04. The minimum absolute atomic E-state index is 0.826. The lowest BCUT2D eigenvalue weighted by Crippen LogP contribution is -2.14. The van der Waals surface area contributed by atoms with Gasteiger partial charge in [0.1, 0.15) is 0 Å². The smallest absolute Gasteiger partial charge is 0.0408 e. The average Bonchev–Trinajstić information content (AvgIpc) is 2.52. The summed E-state index contributed by atoms with van der Waals surface area (Å²) in [5.41, 5.74) is 2.81. The fraction of sp³-hybridized carbons (Fsp3) is 0.571. The van der Waals surface area contributed by atoms with Crippen molar-refractivity contribution in [2.45, 2.75) is 32.6 Å². The quantitative estimate of drug-likeness (QED) is 0.829. The van der Waals surface area contributed by atoms with Crippen LogP contribution in [0.3, 0.4) is 0 Å².